The first-order valence-corrected chi connectivity index (χ1v) is 6.78. The van der Waals surface area contributed by atoms with E-state index in [0.717, 1.165) is 0 Å². The zero-order chi connectivity index (χ0) is 17.4. The van der Waals surface area contributed by atoms with Crippen molar-refractivity contribution in [1.82, 2.24) is 5.43 Å². The summed E-state index contributed by atoms with van der Waals surface area (Å²) in [5.74, 6) is -0.220. The molecule has 0 bridgehead atoms. The summed E-state index contributed by atoms with van der Waals surface area (Å²) in [6, 6.07) is 14.3. The van der Waals surface area contributed by atoms with Gasteiger partial charge in [-0.15, -0.1) is 0 Å². The number of carbonyl (C=O) groups is 1. The lowest BCUT2D eigenvalue weighted by molar-refractivity contribution is -0.384. The Hall–Kier alpha value is -3.73. The second-order valence-corrected chi connectivity index (χ2v) is 4.54. The Balaban J connectivity index is 1.88. The van der Waals surface area contributed by atoms with Crippen LogP contribution in [0, 0.1) is 21.4 Å². The zero-order valence-electron chi connectivity index (χ0n) is 12.4. The van der Waals surface area contributed by atoms with Gasteiger partial charge in [0.15, 0.2) is 6.61 Å². The average Bonchev–Trinajstić information content (AvgIpc) is 2.60. The highest BCUT2D eigenvalue weighted by Gasteiger charge is 2.06. The zero-order valence-corrected chi connectivity index (χ0v) is 12.4. The molecule has 0 aromatic heterocycles. The number of hydrogen-bond acceptors (Lipinski definition) is 6. The Kier molecular flexibility index (Phi) is 5.58. The van der Waals surface area contributed by atoms with Crippen LogP contribution in [-0.4, -0.2) is 23.7 Å². The predicted molar refractivity (Wildman–Crippen MR) is 85.5 cm³/mol. The predicted octanol–water partition coefficient (Wildman–Crippen LogP) is 2.00. The number of nitro groups is 1. The van der Waals surface area contributed by atoms with Crippen LogP contribution < -0.4 is 10.2 Å². The lowest BCUT2D eigenvalue weighted by Gasteiger charge is -2.06. The van der Waals surface area contributed by atoms with Gasteiger partial charge in [0, 0.05) is 17.7 Å². The summed E-state index contributed by atoms with van der Waals surface area (Å²) in [4.78, 5) is 21.8. The third-order valence-corrected chi connectivity index (χ3v) is 2.85. The molecule has 120 valence electrons. The summed E-state index contributed by atoms with van der Waals surface area (Å²) < 4.78 is 5.25. The molecule has 0 fully saturated rings. The molecule has 8 heteroatoms. The van der Waals surface area contributed by atoms with Gasteiger partial charge in [0.25, 0.3) is 11.6 Å². The van der Waals surface area contributed by atoms with Crippen LogP contribution in [0.4, 0.5) is 5.69 Å². The van der Waals surface area contributed by atoms with Crippen LogP contribution in [0.3, 0.4) is 0 Å². The molecule has 1 N–H and O–H groups in total. The van der Waals surface area contributed by atoms with Gasteiger partial charge >= 0.3 is 0 Å². The molecule has 0 aliphatic carbocycles. The maximum atomic E-state index is 11.6. The lowest BCUT2D eigenvalue weighted by atomic mass is 10.2. The van der Waals surface area contributed by atoms with Crippen LogP contribution >= 0.6 is 0 Å². The van der Waals surface area contributed by atoms with Crippen molar-refractivity contribution in [3.63, 3.8) is 0 Å². The number of benzene rings is 2. The van der Waals surface area contributed by atoms with Crippen molar-refractivity contribution in [2.24, 2.45) is 5.10 Å². The summed E-state index contributed by atoms with van der Waals surface area (Å²) >= 11 is 0. The first-order chi connectivity index (χ1) is 11.6. The van der Waals surface area contributed by atoms with E-state index in [2.05, 4.69) is 10.5 Å². The number of nitriles is 1. The highest BCUT2D eigenvalue weighted by atomic mass is 16.6. The molecular formula is C16H12N4O4. The van der Waals surface area contributed by atoms with Crippen molar-refractivity contribution in [2.45, 2.75) is 0 Å². The SMILES string of the molecule is N#Cc1ccccc1OCC(=O)N/N=C\c1cccc([N+](=O)[O-])c1. The number of ether oxygens (including phenoxy) is 1. The van der Waals surface area contributed by atoms with E-state index in [0.29, 0.717) is 16.9 Å². The van der Waals surface area contributed by atoms with Crippen LogP contribution in [0.15, 0.2) is 53.6 Å². The van der Waals surface area contributed by atoms with E-state index in [9.17, 15) is 14.9 Å². The molecule has 8 nitrogen and oxygen atoms in total. The maximum absolute atomic E-state index is 11.6. The van der Waals surface area contributed by atoms with Crippen molar-refractivity contribution in [3.8, 4) is 11.8 Å². The second-order valence-electron chi connectivity index (χ2n) is 4.54. The number of nitrogens with one attached hydrogen (secondary N) is 1. The lowest BCUT2D eigenvalue weighted by Crippen LogP contribution is -2.24. The number of nitrogens with zero attached hydrogens (tertiary/aromatic N) is 3. The fourth-order valence-corrected chi connectivity index (χ4v) is 1.76. The van der Waals surface area contributed by atoms with Gasteiger partial charge in [0.05, 0.1) is 16.7 Å². The molecule has 0 unspecified atom stereocenters. The molecule has 0 aliphatic rings. The molecule has 0 saturated heterocycles. The minimum Gasteiger partial charge on any atom is -0.482 e. The molecule has 2 aromatic rings. The van der Waals surface area contributed by atoms with Gasteiger partial charge in [-0.1, -0.05) is 24.3 Å². The smallest absolute Gasteiger partial charge is 0.277 e. The van der Waals surface area contributed by atoms with E-state index in [4.69, 9.17) is 10.00 Å². The third kappa shape index (κ3) is 4.64. The maximum Gasteiger partial charge on any atom is 0.277 e. The minimum atomic E-state index is -0.524. The summed E-state index contributed by atoms with van der Waals surface area (Å²) in [5, 5.41) is 23.3. The standard InChI is InChI=1S/C16H12N4O4/c17-9-13-5-1-2-7-15(13)24-11-16(21)19-18-10-12-4-3-6-14(8-12)20(22)23/h1-8,10H,11H2,(H,19,21)/b18-10-. The van der Waals surface area contributed by atoms with E-state index in [-0.39, 0.29) is 12.3 Å². The summed E-state index contributed by atoms with van der Waals surface area (Å²) in [7, 11) is 0. The number of nitro benzene ring substituents is 1. The Morgan fingerprint density at radius 1 is 1.33 bits per heavy atom. The fourth-order valence-electron chi connectivity index (χ4n) is 1.76. The van der Waals surface area contributed by atoms with E-state index >= 15 is 0 Å². The molecule has 0 radical (unpaired) electrons. The largest absolute Gasteiger partial charge is 0.482 e. The highest BCUT2D eigenvalue weighted by molar-refractivity contribution is 5.83. The molecule has 0 aliphatic heterocycles. The Morgan fingerprint density at radius 2 is 2.12 bits per heavy atom. The van der Waals surface area contributed by atoms with Gasteiger partial charge in [-0.2, -0.15) is 10.4 Å². The average molecular weight is 324 g/mol. The molecule has 0 heterocycles. The summed E-state index contributed by atoms with van der Waals surface area (Å²) in [6.07, 6.45) is 1.29. The Morgan fingerprint density at radius 3 is 2.88 bits per heavy atom. The van der Waals surface area contributed by atoms with Crippen LogP contribution in [-0.2, 0) is 4.79 Å². The number of amides is 1. The number of non-ortho nitro benzene ring substituents is 1. The summed E-state index contributed by atoms with van der Waals surface area (Å²) in [6.45, 7) is -0.315. The number of carbonyl (C=O) groups excluding carboxylic acids is 1. The number of hydrogen-bond donors (Lipinski definition) is 1. The highest BCUT2D eigenvalue weighted by Crippen LogP contribution is 2.16. The molecule has 2 rings (SSSR count). The molecule has 1 amide bonds. The van der Waals surface area contributed by atoms with Crippen LogP contribution in [0.2, 0.25) is 0 Å². The third-order valence-electron chi connectivity index (χ3n) is 2.85. The number of rotatable bonds is 6. The van der Waals surface area contributed by atoms with Gasteiger partial charge in [-0.3, -0.25) is 14.9 Å². The molecule has 24 heavy (non-hydrogen) atoms. The van der Waals surface area contributed by atoms with Crippen LogP contribution in [0.5, 0.6) is 5.75 Å². The van der Waals surface area contributed by atoms with Gasteiger partial charge in [-0.25, -0.2) is 5.43 Å². The molecule has 0 atom stereocenters. The Bertz CT molecular complexity index is 827. The first-order valence-electron chi connectivity index (χ1n) is 6.78. The molecule has 0 spiro atoms. The molecule has 2 aromatic carbocycles. The Labute approximate surface area is 137 Å². The molecular weight excluding hydrogens is 312 g/mol. The minimum absolute atomic E-state index is 0.0679. The number of hydrazone groups is 1. The van der Waals surface area contributed by atoms with E-state index < -0.39 is 10.8 Å². The quantitative estimate of drug-likeness (QED) is 0.495. The van der Waals surface area contributed by atoms with Crippen LogP contribution in [0.1, 0.15) is 11.1 Å². The fraction of sp³-hybridized carbons (Fsp3) is 0.0625. The normalized spacial score (nSPS) is 10.1. The topological polar surface area (TPSA) is 118 Å². The van der Waals surface area contributed by atoms with Crippen molar-refractivity contribution in [3.05, 3.63) is 69.8 Å². The van der Waals surface area contributed by atoms with Crippen molar-refractivity contribution in [1.29, 1.82) is 5.26 Å². The van der Waals surface area contributed by atoms with Gasteiger partial charge < -0.3 is 4.74 Å². The second kappa shape index (κ2) is 8.05. The molecule has 0 saturated carbocycles. The van der Waals surface area contributed by atoms with Crippen LogP contribution in [0.25, 0.3) is 0 Å². The number of para-hydroxylation sites is 1. The van der Waals surface area contributed by atoms with E-state index in [1.807, 2.05) is 6.07 Å². The van der Waals surface area contributed by atoms with Gasteiger partial charge in [-0.05, 0) is 12.1 Å². The first kappa shape index (κ1) is 16.6. The van der Waals surface area contributed by atoms with E-state index in [1.165, 1.54) is 24.4 Å². The van der Waals surface area contributed by atoms with Crippen molar-refractivity contribution >= 4 is 17.8 Å². The van der Waals surface area contributed by atoms with Gasteiger partial charge in [0.1, 0.15) is 11.8 Å². The van der Waals surface area contributed by atoms with E-state index in [1.54, 1.807) is 30.3 Å². The van der Waals surface area contributed by atoms with Crippen molar-refractivity contribution in [2.75, 3.05) is 6.61 Å². The van der Waals surface area contributed by atoms with Crippen molar-refractivity contribution < 1.29 is 14.5 Å². The monoisotopic (exact) mass is 324 g/mol. The van der Waals surface area contributed by atoms with Gasteiger partial charge in [0.2, 0.25) is 0 Å². The summed E-state index contributed by atoms with van der Waals surface area (Å²) in [5.41, 5.74) is 2.97.